The van der Waals surface area contributed by atoms with Crippen molar-refractivity contribution in [2.45, 2.75) is 51.2 Å². The first kappa shape index (κ1) is 12.4. The summed E-state index contributed by atoms with van der Waals surface area (Å²) in [6.07, 6.45) is 4.66. The highest BCUT2D eigenvalue weighted by Gasteiger charge is 2.36. The number of rotatable bonds is 3. The lowest BCUT2D eigenvalue weighted by Crippen LogP contribution is -2.42. The monoisotopic (exact) mass is 236 g/mol. The Hall–Kier alpha value is -1.08. The largest absolute Gasteiger partial charge is 0.377 e. The summed E-state index contributed by atoms with van der Waals surface area (Å²) in [6.45, 7) is 2.73. The molecule has 1 N–H and O–H groups in total. The molecule has 0 radical (unpaired) electrons. The Morgan fingerprint density at radius 2 is 2.29 bits per heavy atom. The molecule has 1 aliphatic heterocycles. The van der Waals surface area contributed by atoms with Gasteiger partial charge in [-0.1, -0.05) is 6.92 Å². The van der Waals surface area contributed by atoms with Crippen molar-refractivity contribution in [1.29, 1.82) is 5.26 Å². The van der Waals surface area contributed by atoms with Gasteiger partial charge in [-0.15, -0.1) is 0 Å². The minimum absolute atomic E-state index is 0.00125. The first-order valence-corrected chi connectivity index (χ1v) is 6.57. The van der Waals surface area contributed by atoms with Gasteiger partial charge >= 0.3 is 0 Å². The van der Waals surface area contributed by atoms with Crippen LogP contribution in [-0.4, -0.2) is 24.7 Å². The predicted molar refractivity (Wildman–Crippen MR) is 63.0 cm³/mol. The summed E-state index contributed by atoms with van der Waals surface area (Å²) in [6, 6.07) is 2.35. The lowest BCUT2D eigenvalue weighted by atomic mass is 9.97. The van der Waals surface area contributed by atoms with Crippen LogP contribution in [0.3, 0.4) is 0 Å². The van der Waals surface area contributed by atoms with Crippen molar-refractivity contribution in [3.8, 4) is 6.07 Å². The first-order valence-electron chi connectivity index (χ1n) is 6.57. The number of ether oxygens (including phenoxy) is 1. The van der Waals surface area contributed by atoms with Crippen molar-refractivity contribution in [2.75, 3.05) is 6.61 Å². The van der Waals surface area contributed by atoms with E-state index in [1.165, 1.54) is 0 Å². The van der Waals surface area contributed by atoms with Crippen LogP contribution in [0.25, 0.3) is 0 Å². The van der Waals surface area contributed by atoms with Crippen LogP contribution in [-0.2, 0) is 9.53 Å². The van der Waals surface area contributed by atoms with Crippen LogP contribution >= 0.6 is 0 Å². The highest BCUT2D eigenvalue weighted by atomic mass is 16.5. The van der Waals surface area contributed by atoms with E-state index in [4.69, 9.17) is 10.00 Å². The van der Waals surface area contributed by atoms with E-state index in [1.807, 2.05) is 6.92 Å². The normalized spacial score (nSPS) is 36.7. The molecule has 1 saturated carbocycles. The summed E-state index contributed by atoms with van der Waals surface area (Å²) in [7, 11) is 0. The number of amides is 1. The van der Waals surface area contributed by atoms with Gasteiger partial charge in [0, 0.05) is 12.6 Å². The minimum atomic E-state index is -0.0139. The second-order valence-corrected chi connectivity index (χ2v) is 4.99. The van der Waals surface area contributed by atoms with Crippen LogP contribution in [0.2, 0.25) is 0 Å². The Balaban J connectivity index is 1.90. The number of hydrogen-bond donors (Lipinski definition) is 1. The number of hydrogen-bond acceptors (Lipinski definition) is 3. The molecule has 2 rings (SSSR count). The van der Waals surface area contributed by atoms with Crippen LogP contribution in [0.4, 0.5) is 0 Å². The average Bonchev–Trinajstić information content (AvgIpc) is 2.96. The van der Waals surface area contributed by atoms with Gasteiger partial charge in [0.1, 0.15) is 0 Å². The van der Waals surface area contributed by atoms with Gasteiger partial charge < -0.3 is 10.1 Å². The van der Waals surface area contributed by atoms with E-state index >= 15 is 0 Å². The summed E-state index contributed by atoms with van der Waals surface area (Å²) >= 11 is 0. The van der Waals surface area contributed by atoms with Crippen LogP contribution in [0.15, 0.2) is 0 Å². The highest BCUT2D eigenvalue weighted by molar-refractivity contribution is 5.80. The second-order valence-electron chi connectivity index (χ2n) is 4.99. The van der Waals surface area contributed by atoms with Crippen molar-refractivity contribution >= 4 is 5.91 Å². The molecule has 0 aromatic carbocycles. The summed E-state index contributed by atoms with van der Waals surface area (Å²) < 4.78 is 5.53. The van der Waals surface area contributed by atoms with E-state index in [1.54, 1.807) is 0 Å². The topological polar surface area (TPSA) is 62.1 Å². The van der Waals surface area contributed by atoms with Gasteiger partial charge in [0.25, 0.3) is 0 Å². The zero-order valence-electron chi connectivity index (χ0n) is 10.3. The van der Waals surface area contributed by atoms with Crippen molar-refractivity contribution in [3.05, 3.63) is 0 Å². The number of nitrogens with one attached hydrogen (secondary N) is 1. The average molecular weight is 236 g/mol. The van der Waals surface area contributed by atoms with Gasteiger partial charge in [-0.25, -0.2) is 0 Å². The second kappa shape index (κ2) is 5.50. The van der Waals surface area contributed by atoms with Crippen LogP contribution in [0.5, 0.6) is 0 Å². The lowest BCUT2D eigenvalue weighted by molar-refractivity contribution is -0.127. The zero-order chi connectivity index (χ0) is 12.3. The zero-order valence-corrected chi connectivity index (χ0v) is 10.3. The van der Waals surface area contributed by atoms with Crippen molar-refractivity contribution < 1.29 is 9.53 Å². The molecule has 17 heavy (non-hydrogen) atoms. The molecule has 4 unspecified atom stereocenters. The fourth-order valence-corrected chi connectivity index (χ4v) is 2.93. The molecule has 2 aliphatic rings. The molecule has 2 fully saturated rings. The summed E-state index contributed by atoms with van der Waals surface area (Å²) in [4.78, 5) is 12.1. The maximum Gasteiger partial charge on any atom is 0.226 e. The quantitative estimate of drug-likeness (QED) is 0.809. The van der Waals surface area contributed by atoms with E-state index in [2.05, 4.69) is 11.4 Å². The van der Waals surface area contributed by atoms with Gasteiger partial charge in [-0.2, -0.15) is 5.26 Å². The molecule has 4 heteroatoms. The van der Waals surface area contributed by atoms with Gasteiger partial charge in [0.15, 0.2) is 0 Å². The third kappa shape index (κ3) is 2.61. The molecule has 4 atom stereocenters. The van der Waals surface area contributed by atoms with Crippen LogP contribution in [0.1, 0.15) is 39.0 Å². The fourth-order valence-electron chi connectivity index (χ4n) is 2.93. The molecule has 0 aromatic heterocycles. The Morgan fingerprint density at radius 1 is 1.47 bits per heavy atom. The molecular formula is C13H20N2O2. The van der Waals surface area contributed by atoms with Crippen molar-refractivity contribution in [1.82, 2.24) is 5.32 Å². The molecule has 1 amide bonds. The predicted octanol–water partition coefficient (Wildman–Crippen LogP) is 1.61. The number of nitriles is 1. The Kier molecular flexibility index (Phi) is 4.01. The molecule has 1 saturated heterocycles. The lowest BCUT2D eigenvalue weighted by Gasteiger charge is -2.21. The Labute approximate surface area is 102 Å². The number of carbonyl (C=O) groups is 1. The van der Waals surface area contributed by atoms with E-state index < -0.39 is 0 Å². The SMILES string of the molecule is CCC1OCCC1C(=O)NC1CCCC1C#N. The Morgan fingerprint density at radius 3 is 3.00 bits per heavy atom. The molecule has 0 spiro atoms. The summed E-state index contributed by atoms with van der Waals surface area (Å²) in [5, 5.41) is 12.0. The molecular weight excluding hydrogens is 216 g/mol. The molecule has 4 nitrogen and oxygen atoms in total. The number of nitrogens with zero attached hydrogens (tertiary/aromatic N) is 1. The highest BCUT2D eigenvalue weighted by Crippen LogP contribution is 2.27. The standard InChI is InChI=1S/C13H20N2O2/c1-2-12-10(6-7-17-12)13(16)15-11-5-3-4-9(11)8-14/h9-12H,2-7H2,1H3,(H,15,16). The van der Waals surface area contributed by atoms with Crippen molar-refractivity contribution in [3.63, 3.8) is 0 Å². The fraction of sp³-hybridized carbons (Fsp3) is 0.846. The van der Waals surface area contributed by atoms with Gasteiger partial charge in [0.2, 0.25) is 5.91 Å². The smallest absolute Gasteiger partial charge is 0.226 e. The Bertz CT molecular complexity index is 324. The molecule has 0 aromatic rings. The maximum absolute atomic E-state index is 12.1. The maximum atomic E-state index is 12.1. The van der Waals surface area contributed by atoms with Gasteiger partial charge in [0.05, 0.1) is 24.0 Å². The van der Waals surface area contributed by atoms with E-state index in [0.29, 0.717) is 6.61 Å². The van der Waals surface area contributed by atoms with E-state index in [0.717, 1.165) is 32.1 Å². The van der Waals surface area contributed by atoms with Crippen molar-refractivity contribution in [2.24, 2.45) is 11.8 Å². The van der Waals surface area contributed by atoms with Crippen LogP contribution < -0.4 is 5.32 Å². The van der Waals surface area contributed by atoms with E-state index in [-0.39, 0.29) is 29.9 Å². The van der Waals surface area contributed by atoms with E-state index in [9.17, 15) is 4.79 Å². The third-order valence-corrected chi connectivity index (χ3v) is 3.96. The summed E-state index contributed by atoms with van der Waals surface area (Å²) in [5.74, 6) is 0.0720. The van der Waals surface area contributed by atoms with Crippen LogP contribution in [0, 0.1) is 23.2 Å². The summed E-state index contributed by atoms with van der Waals surface area (Å²) in [5.41, 5.74) is 0. The molecule has 1 heterocycles. The number of carbonyl (C=O) groups excluding carboxylic acids is 1. The first-order chi connectivity index (χ1) is 8.26. The molecule has 1 aliphatic carbocycles. The van der Waals surface area contributed by atoms with Gasteiger partial charge in [-0.3, -0.25) is 4.79 Å². The third-order valence-electron chi connectivity index (χ3n) is 3.96. The van der Waals surface area contributed by atoms with Gasteiger partial charge in [-0.05, 0) is 32.1 Å². The molecule has 94 valence electrons. The molecule has 0 bridgehead atoms. The minimum Gasteiger partial charge on any atom is -0.377 e.